The minimum absolute atomic E-state index is 0.0358. The Balaban J connectivity index is 2.62. The monoisotopic (exact) mass is 285 g/mol. The molecule has 0 spiro atoms. The Labute approximate surface area is 113 Å². The van der Waals surface area contributed by atoms with Crippen molar-refractivity contribution in [3.8, 4) is 5.69 Å². The third-order valence-electron chi connectivity index (χ3n) is 3.14. The zero-order valence-corrected chi connectivity index (χ0v) is 10.9. The molecular formula is C13H14F3N3O. The Morgan fingerprint density at radius 1 is 1.20 bits per heavy atom. The van der Waals surface area contributed by atoms with Gasteiger partial charge >= 0.3 is 6.18 Å². The third-order valence-corrected chi connectivity index (χ3v) is 3.14. The first kappa shape index (κ1) is 14.4. The normalized spacial score (nSPS) is 15.1. The number of para-hydroxylation sites is 1. The molecule has 0 fully saturated rings. The maximum atomic E-state index is 12.9. The fourth-order valence-corrected chi connectivity index (χ4v) is 2.05. The van der Waals surface area contributed by atoms with Crippen LogP contribution in [0.3, 0.4) is 0 Å². The van der Waals surface area contributed by atoms with Crippen LogP contribution in [0.1, 0.15) is 18.2 Å². The van der Waals surface area contributed by atoms with E-state index in [1.54, 1.807) is 30.3 Å². The van der Waals surface area contributed by atoms with Crippen LogP contribution in [0.4, 0.5) is 19.0 Å². The standard InChI is InChI=1S/C13H14F3N3O/c1-8-10(12(2,20)13(14,15)16)11(17)19(18-8)9-6-4-3-5-7-9/h3-7,20H,17H2,1-2H3/t12-/m0/s1. The summed E-state index contributed by atoms with van der Waals surface area (Å²) < 4.78 is 40.0. The van der Waals surface area contributed by atoms with Gasteiger partial charge in [0, 0.05) is 0 Å². The van der Waals surface area contributed by atoms with Gasteiger partial charge in [-0.3, -0.25) is 0 Å². The Hall–Kier alpha value is -2.02. The van der Waals surface area contributed by atoms with Crippen LogP contribution in [0.5, 0.6) is 0 Å². The lowest BCUT2D eigenvalue weighted by Crippen LogP contribution is -2.40. The molecule has 0 aliphatic carbocycles. The first-order chi connectivity index (χ1) is 9.16. The fourth-order valence-electron chi connectivity index (χ4n) is 2.05. The highest BCUT2D eigenvalue weighted by molar-refractivity contribution is 5.52. The molecule has 1 aromatic carbocycles. The van der Waals surface area contributed by atoms with Crippen molar-refractivity contribution < 1.29 is 18.3 Å². The molecule has 2 aromatic rings. The Morgan fingerprint density at radius 3 is 2.25 bits per heavy atom. The van der Waals surface area contributed by atoms with E-state index in [0.717, 1.165) is 0 Å². The summed E-state index contributed by atoms with van der Waals surface area (Å²) in [7, 11) is 0. The molecular weight excluding hydrogens is 271 g/mol. The molecule has 1 heterocycles. The van der Waals surface area contributed by atoms with E-state index in [4.69, 9.17) is 5.73 Å². The summed E-state index contributed by atoms with van der Waals surface area (Å²) >= 11 is 0. The number of halogens is 3. The lowest BCUT2D eigenvalue weighted by atomic mass is 9.95. The second-order valence-electron chi connectivity index (χ2n) is 4.66. The van der Waals surface area contributed by atoms with E-state index in [1.807, 2.05) is 0 Å². The van der Waals surface area contributed by atoms with Gasteiger partial charge in [-0.2, -0.15) is 18.3 Å². The smallest absolute Gasteiger partial charge is 0.383 e. The number of nitrogens with two attached hydrogens (primary N) is 1. The van der Waals surface area contributed by atoms with E-state index in [1.165, 1.54) is 11.6 Å². The maximum absolute atomic E-state index is 12.9. The SMILES string of the molecule is Cc1nn(-c2ccccc2)c(N)c1[C@](C)(O)C(F)(F)F. The molecule has 1 aromatic heterocycles. The lowest BCUT2D eigenvalue weighted by Gasteiger charge is -2.26. The number of alkyl halides is 3. The van der Waals surface area contributed by atoms with Crippen molar-refractivity contribution >= 4 is 5.82 Å². The summed E-state index contributed by atoms with van der Waals surface area (Å²) in [6, 6.07) is 8.52. The van der Waals surface area contributed by atoms with Crippen LogP contribution in [-0.4, -0.2) is 21.1 Å². The zero-order valence-electron chi connectivity index (χ0n) is 10.9. The first-order valence-electron chi connectivity index (χ1n) is 5.86. The summed E-state index contributed by atoms with van der Waals surface area (Å²) in [5.74, 6) is -0.226. The van der Waals surface area contributed by atoms with Crippen molar-refractivity contribution in [2.24, 2.45) is 0 Å². The summed E-state index contributed by atoms with van der Waals surface area (Å²) in [6.07, 6.45) is -4.84. The molecule has 1 atom stereocenters. The number of anilines is 1. The molecule has 108 valence electrons. The summed E-state index contributed by atoms with van der Waals surface area (Å²) in [5.41, 5.74) is 2.85. The number of benzene rings is 1. The number of rotatable bonds is 2. The van der Waals surface area contributed by atoms with Gasteiger partial charge in [0.15, 0.2) is 5.60 Å². The third kappa shape index (κ3) is 2.14. The van der Waals surface area contributed by atoms with Gasteiger partial charge in [0.25, 0.3) is 0 Å². The highest BCUT2D eigenvalue weighted by Gasteiger charge is 2.54. The minimum Gasteiger partial charge on any atom is -0.383 e. The lowest BCUT2D eigenvalue weighted by molar-refractivity contribution is -0.258. The van der Waals surface area contributed by atoms with Gasteiger partial charge in [0.2, 0.25) is 0 Å². The van der Waals surface area contributed by atoms with Crippen LogP contribution in [0.25, 0.3) is 5.69 Å². The molecule has 0 saturated heterocycles. The van der Waals surface area contributed by atoms with Crippen LogP contribution >= 0.6 is 0 Å². The number of nitrogens with zero attached hydrogens (tertiary/aromatic N) is 2. The number of hydrogen-bond donors (Lipinski definition) is 2. The van der Waals surface area contributed by atoms with Gasteiger partial charge in [0.1, 0.15) is 5.82 Å². The average molecular weight is 285 g/mol. The molecule has 0 aliphatic rings. The molecule has 20 heavy (non-hydrogen) atoms. The van der Waals surface area contributed by atoms with Gasteiger partial charge in [-0.1, -0.05) is 18.2 Å². The number of nitrogen functional groups attached to an aromatic ring is 1. The molecule has 4 nitrogen and oxygen atoms in total. The van der Waals surface area contributed by atoms with Crippen LogP contribution < -0.4 is 5.73 Å². The van der Waals surface area contributed by atoms with E-state index >= 15 is 0 Å². The van der Waals surface area contributed by atoms with Crippen molar-refractivity contribution in [3.05, 3.63) is 41.6 Å². The van der Waals surface area contributed by atoms with Crippen molar-refractivity contribution in [2.75, 3.05) is 5.73 Å². The summed E-state index contributed by atoms with van der Waals surface area (Å²) in [5, 5.41) is 13.8. The molecule has 0 amide bonds. The minimum atomic E-state index is -4.84. The molecule has 0 saturated carbocycles. The number of aliphatic hydroxyl groups is 1. The Morgan fingerprint density at radius 2 is 1.75 bits per heavy atom. The van der Waals surface area contributed by atoms with Crippen molar-refractivity contribution in [2.45, 2.75) is 25.6 Å². The average Bonchev–Trinajstić information content (AvgIpc) is 2.65. The van der Waals surface area contributed by atoms with E-state index in [0.29, 0.717) is 12.6 Å². The molecule has 0 radical (unpaired) electrons. The second-order valence-corrected chi connectivity index (χ2v) is 4.66. The molecule has 3 N–H and O–H groups in total. The predicted octanol–water partition coefficient (Wildman–Crippen LogP) is 2.53. The van der Waals surface area contributed by atoms with Crippen LogP contribution in [0, 0.1) is 6.92 Å². The quantitative estimate of drug-likeness (QED) is 0.891. The van der Waals surface area contributed by atoms with Crippen molar-refractivity contribution in [1.82, 2.24) is 9.78 Å². The van der Waals surface area contributed by atoms with E-state index in [9.17, 15) is 18.3 Å². The van der Waals surface area contributed by atoms with Crippen molar-refractivity contribution in [3.63, 3.8) is 0 Å². The topological polar surface area (TPSA) is 64.1 Å². The predicted molar refractivity (Wildman–Crippen MR) is 68.3 cm³/mol. The highest BCUT2D eigenvalue weighted by Crippen LogP contribution is 2.42. The Kier molecular flexibility index (Phi) is 3.25. The van der Waals surface area contributed by atoms with Crippen LogP contribution in [-0.2, 0) is 5.60 Å². The van der Waals surface area contributed by atoms with Gasteiger partial charge in [-0.25, -0.2) is 4.68 Å². The molecule has 0 bridgehead atoms. The van der Waals surface area contributed by atoms with Crippen molar-refractivity contribution in [1.29, 1.82) is 0 Å². The molecule has 0 unspecified atom stereocenters. The Bertz CT molecular complexity index is 618. The van der Waals surface area contributed by atoms with Gasteiger partial charge in [-0.05, 0) is 26.0 Å². The second kappa shape index (κ2) is 4.52. The number of hydrogen-bond acceptors (Lipinski definition) is 3. The number of aromatic nitrogens is 2. The zero-order chi connectivity index (χ0) is 15.1. The van der Waals surface area contributed by atoms with E-state index in [-0.39, 0.29) is 11.5 Å². The molecule has 7 heteroatoms. The van der Waals surface area contributed by atoms with Gasteiger partial charge in [0.05, 0.1) is 16.9 Å². The van der Waals surface area contributed by atoms with E-state index in [2.05, 4.69) is 5.10 Å². The fraction of sp³-hybridized carbons (Fsp3) is 0.308. The molecule has 0 aliphatic heterocycles. The van der Waals surface area contributed by atoms with Gasteiger partial charge in [-0.15, -0.1) is 0 Å². The number of aryl methyl sites for hydroxylation is 1. The first-order valence-corrected chi connectivity index (χ1v) is 5.86. The largest absolute Gasteiger partial charge is 0.421 e. The van der Waals surface area contributed by atoms with Gasteiger partial charge < -0.3 is 10.8 Å². The maximum Gasteiger partial charge on any atom is 0.421 e. The summed E-state index contributed by atoms with van der Waals surface area (Å²) in [4.78, 5) is 0. The molecule has 2 rings (SSSR count). The summed E-state index contributed by atoms with van der Waals surface area (Å²) in [6.45, 7) is 2.05. The van der Waals surface area contributed by atoms with Crippen LogP contribution in [0.15, 0.2) is 30.3 Å². The van der Waals surface area contributed by atoms with Crippen LogP contribution in [0.2, 0.25) is 0 Å². The van der Waals surface area contributed by atoms with E-state index < -0.39 is 17.3 Å². The highest BCUT2D eigenvalue weighted by atomic mass is 19.4.